The molecule has 0 bridgehead atoms. The molecule has 1 aromatic heterocycles. The number of hydrogen-bond donors (Lipinski definition) is 3. The van der Waals surface area contributed by atoms with Crippen LogP contribution < -0.4 is 20.1 Å². The summed E-state index contributed by atoms with van der Waals surface area (Å²) in [5, 5.41) is 11.5. The Labute approximate surface area is 154 Å². The average Bonchev–Trinajstić information content (AvgIpc) is 3.20. The van der Waals surface area contributed by atoms with Crippen molar-refractivity contribution < 1.29 is 19.1 Å². The van der Waals surface area contributed by atoms with Crippen molar-refractivity contribution in [3.8, 4) is 11.5 Å². The quantitative estimate of drug-likeness (QED) is 0.588. The van der Waals surface area contributed by atoms with E-state index in [1.54, 1.807) is 55.6 Å². The Bertz CT molecular complexity index is 910. The maximum atomic E-state index is 12.0. The van der Waals surface area contributed by atoms with Gasteiger partial charge in [-0.05, 0) is 36.4 Å². The Hall–Kier alpha value is -3.88. The zero-order valence-electron chi connectivity index (χ0n) is 14.4. The van der Waals surface area contributed by atoms with Crippen molar-refractivity contribution in [2.24, 2.45) is 0 Å². The van der Waals surface area contributed by atoms with Gasteiger partial charge in [0, 0.05) is 17.3 Å². The number of aromatic amines is 1. The Morgan fingerprint density at radius 2 is 1.89 bits per heavy atom. The third kappa shape index (κ3) is 5.05. The number of carbonyl (C=O) groups is 2. The first-order valence-electron chi connectivity index (χ1n) is 7.97. The first kappa shape index (κ1) is 17.9. The zero-order valence-corrected chi connectivity index (χ0v) is 14.4. The zero-order chi connectivity index (χ0) is 19.1. The lowest BCUT2D eigenvalue weighted by atomic mass is 10.2. The summed E-state index contributed by atoms with van der Waals surface area (Å²) < 4.78 is 10.5. The number of hydrogen-bond acceptors (Lipinski definition) is 6. The first-order chi connectivity index (χ1) is 13.1. The fourth-order valence-electron chi connectivity index (χ4n) is 2.19. The molecule has 0 saturated carbocycles. The lowest BCUT2D eigenvalue weighted by Crippen LogP contribution is -2.20. The van der Waals surface area contributed by atoms with Gasteiger partial charge < -0.3 is 14.8 Å². The second kappa shape index (κ2) is 8.48. The Balaban J connectivity index is 1.50. The smallest absolute Gasteiger partial charge is 0.262 e. The van der Waals surface area contributed by atoms with E-state index in [0.717, 1.165) is 0 Å². The van der Waals surface area contributed by atoms with E-state index in [4.69, 9.17) is 9.47 Å². The van der Waals surface area contributed by atoms with Gasteiger partial charge in [0.1, 0.15) is 17.8 Å². The number of amides is 2. The van der Waals surface area contributed by atoms with Crippen LogP contribution in [0.4, 0.5) is 11.6 Å². The van der Waals surface area contributed by atoms with Crippen LogP contribution in [0.1, 0.15) is 10.4 Å². The predicted octanol–water partition coefficient (Wildman–Crippen LogP) is 2.08. The molecule has 9 nitrogen and oxygen atoms in total. The highest BCUT2D eigenvalue weighted by Crippen LogP contribution is 2.17. The maximum absolute atomic E-state index is 12.0. The summed E-state index contributed by atoms with van der Waals surface area (Å²) in [6, 6.07) is 13.4. The minimum atomic E-state index is -0.339. The Kier molecular flexibility index (Phi) is 5.63. The summed E-state index contributed by atoms with van der Waals surface area (Å²) in [4.78, 5) is 27.8. The van der Waals surface area contributed by atoms with Crippen LogP contribution in [0.2, 0.25) is 0 Å². The molecule has 138 valence electrons. The third-order valence-corrected chi connectivity index (χ3v) is 3.49. The lowest BCUT2D eigenvalue weighted by Gasteiger charge is -2.09. The van der Waals surface area contributed by atoms with Gasteiger partial charge in [0.15, 0.2) is 6.61 Å². The molecule has 0 unspecified atom stereocenters. The van der Waals surface area contributed by atoms with Crippen molar-refractivity contribution in [2.75, 3.05) is 24.4 Å². The molecule has 9 heteroatoms. The molecular weight excluding hydrogens is 350 g/mol. The number of ether oxygens (including phenoxy) is 2. The van der Waals surface area contributed by atoms with Gasteiger partial charge in [-0.2, -0.15) is 10.1 Å². The molecule has 0 radical (unpaired) electrons. The van der Waals surface area contributed by atoms with Gasteiger partial charge in [-0.15, -0.1) is 0 Å². The van der Waals surface area contributed by atoms with Crippen LogP contribution in [0, 0.1) is 0 Å². The molecule has 3 rings (SSSR count). The number of nitrogens with one attached hydrogen (secondary N) is 3. The van der Waals surface area contributed by atoms with Crippen LogP contribution in [-0.2, 0) is 4.79 Å². The molecule has 0 atom stereocenters. The number of H-pyrrole nitrogens is 1. The van der Waals surface area contributed by atoms with Crippen molar-refractivity contribution in [1.82, 2.24) is 15.2 Å². The van der Waals surface area contributed by atoms with Crippen LogP contribution in [0.5, 0.6) is 11.5 Å². The van der Waals surface area contributed by atoms with Gasteiger partial charge in [-0.25, -0.2) is 5.10 Å². The molecule has 0 saturated heterocycles. The van der Waals surface area contributed by atoms with Crippen LogP contribution in [-0.4, -0.2) is 40.7 Å². The molecule has 1 heterocycles. The van der Waals surface area contributed by atoms with Crippen LogP contribution in [0.15, 0.2) is 54.9 Å². The van der Waals surface area contributed by atoms with E-state index in [2.05, 4.69) is 25.8 Å². The van der Waals surface area contributed by atoms with Crippen LogP contribution in [0.3, 0.4) is 0 Å². The summed E-state index contributed by atoms with van der Waals surface area (Å²) in [5.41, 5.74) is 1.03. The van der Waals surface area contributed by atoms with Gasteiger partial charge in [-0.1, -0.05) is 6.07 Å². The molecule has 0 fully saturated rings. The molecule has 27 heavy (non-hydrogen) atoms. The van der Waals surface area contributed by atoms with Crippen molar-refractivity contribution in [3.05, 3.63) is 60.4 Å². The minimum Gasteiger partial charge on any atom is -0.497 e. The van der Waals surface area contributed by atoms with Crippen molar-refractivity contribution >= 4 is 23.5 Å². The molecular formula is C18H17N5O4. The summed E-state index contributed by atoms with van der Waals surface area (Å²) in [7, 11) is 1.56. The molecule has 0 aliphatic rings. The van der Waals surface area contributed by atoms with E-state index in [0.29, 0.717) is 22.7 Å². The van der Waals surface area contributed by atoms with E-state index in [1.165, 1.54) is 6.33 Å². The van der Waals surface area contributed by atoms with Gasteiger partial charge in [0.05, 0.1) is 7.11 Å². The number of methoxy groups -OCH3 is 1. The van der Waals surface area contributed by atoms with E-state index in [9.17, 15) is 9.59 Å². The molecule has 0 aliphatic heterocycles. The summed E-state index contributed by atoms with van der Waals surface area (Å²) >= 11 is 0. The highest BCUT2D eigenvalue weighted by molar-refractivity contribution is 6.03. The number of nitrogens with zero attached hydrogens (tertiary/aromatic N) is 2. The summed E-state index contributed by atoms with van der Waals surface area (Å²) in [6.07, 6.45) is 1.29. The number of benzene rings is 2. The Morgan fingerprint density at radius 1 is 1.07 bits per heavy atom. The van der Waals surface area contributed by atoms with Crippen molar-refractivity contribution in [1.29, 1.82) is 0 Å². The van der Waals surface area contributed by atoms with E-state index >= 15 is 0 Å². The molecule has 0 spiro atoms. The number of anilines is 2. The second-order valence-electron chi connectivity index (χ2n) is 5.38. The van der Waals surface area contributed by atoms with Gasteiger partial charge >= 0.3 is 0 Å². The van der Waals surface area contributed by atoms with Gasteiger partial charge in [0.25, 0.3) is 11.8 Å². The lowest BCUT2D eigenvalue weighted by molar-refractivity contribution is -0.118. The SMILES string of the molecule is COc1cccc(NC(=O)COc2ccc(C(=O)Nc3ncn[nH]3)cc2)c1. The molecule has 2 aromatic carbocycles. The summed E-state index contributed by atoms with van der Waals surface area (Å²) in [6.45, 7) is -0.166. The van der Waals surface area contributed by atoms with Crippen molar-refractivity contribution in [2.45, 2.75) is 0 Å². The topological polar surface area (TPSA) is 118 Å². The van der Waals surface area contributed by atoms with Gasteiger partial charge in [0.2, 0.25) is 5.95 Å². The Morgan fingerprint density at radius 3 is 2.59 bits per heavy atom. The largest absolute Gasteiger partial charge is 0.497 e. The highest BCUT2D eigenvalue weighted by atomic mass is 16.5. The number of aromatic nitrogens is 3. The maximum Gasteiger partial charge on any atom is 0.262 e. The normalized spacial score (nSPS) is 10.1. The van der Waals surface area contributed by atoms with E-state index < -0.39 is 0 Å². The molecule has 3 aromatic rings. The summed E-state index contributed by atoms with van der Waals surface area (Å²) in [5.74, 6) is 0.721. The number of rotatable bonds is 7. The minimum absolute atomic E-state index is 0.166. The monoisotopic (exact) mass is 367 g/mol. The third-order valence-electron chi connectivity index (χ3n) is 3.49. The fourth-order valence-corrected chi connectivity index (χ4v) is 2.19. The first-order valence-corrected chi connectivity index (χ1v) is 7.97. The predicted molar refractivity (Wildman–Crippen MR) is 97.9 cm³/mol. The van der Waals surface area contributed by atoms with E-state index in [-0.39, 0.29) is 24.4 Å². The van der Waals surface area contributed by atoms with E-state index in [1.807, 2.05) is 0 Å². The fraction of sp³-hybridized carbons (Fsp3) is 0.111. The van der Waals surface area contributed by atoms with Crippen molar-refractivity contribution in [3.63, 3.8) is 0 Å². The van der Waals surface area contributed by atoms with Crippen LogP contribution >= 0.6 is 0 Å². The molecule has 3 N–H and O–H groups in total. The molecule has 2 amide bonds. The van der Waals surface area contributed by atoms with Gasteiger partial charge in [-0.3, -0.25) is 14.9 Å². The second-order valence-corrected chi connectivity index (χ2v) is 5.38. The standard InChI is InChI=1S/C18H17N5O4/c1-26-15-4-2-3-13(9-15)21-16(24)10-27-14-7-5-12(6-8-14)17(25)22-18-19-11-20-23-18/h2-9,11H,10H2,1H3,(H,21,24)(H2,19,20,22,23,25). The molecule has 0 aliphatic carbocycles. The number of carbonyl (C=O) groups excluding carboxylic acids is 2. The highest BCUT2D eigenvalue weighted by Gasteiger charge is 2.09. The van der Waals surface area contributed by atoms with Crippen LogP contribution in [0.25, 0.3) is 0 Å². The average molecular weight is 367 g/mol.